The van der Waals surface area contributed by atoms with Crippen LogP contribution in [-0.2, 0) is 24.3 Å². The van der Waals surface area contributed by atoms with Crippen LogP contribution in [0.2, 0.25) is 0 Å². The van der Waals surface area contributed by atoms with Gasteiger partial charge in [0.1, 0.15) is 6.54 Å². The largest absolute Gasteiger partial charge is 0.354 e. The van der Waals surface area contributed by atoms with Crippen molar-refractivity contribution in [3.05, 3.63) is 47.3 Å². The highest BCUT2D eigenvalue weighted by Gasteiger charge is 2.05. The lowest BCUT2D eigenvalue weighted by atomic mass is 10.1. The average molecular weight is 273 g/mol. The van der Waals surface area contributed by atoms with E-state index in [2.05, 4.69) is 40.8 Å². The van der Waals surface area contributed by atoms with Gasteiger partial charge in [-0.25, -0.2) is 4.68 Å². The topological polar surface area (TPSA) is 85.8 Å². The predicted molar refractivity (Wildman–Crippen MR) is 75.8 cm³/mol. The van der Waals surface area contributed by atoms with Gasteiger partial charge in [0.15, 0.2) is 0 Å². The summed E-state index contributed by atoms with van der Waals surface area (Å²) in [6.07, 6.45) is 2.50. The van der Waals surface area contributed by atoms with Gasteiger partial charge in [0.05, 0.1) is 11.9 Å². The summed E-state index contributed by atoms with van der Waals surface area (Å²) in [6, 6.07) is 8.26. The van der Waals surface area contributed by atoms with Gasteiger partial charge in [-0.3, -0.25) is 4.79 Å². The van der Waals surface area contributed by atoms with E-state index in [9.17, 15) is 4.79 Å². The van der Waals surface area contributed by atoms with E-state index in [1.165, 1.54) is 15.8 Å². The third-order valence-electron chi connectivity index (χ3n) is 2.92. The van der Waals surface area contributed by atoms with E-state index in [0.717, 1.165) is 6.42 Å². The Morgan fingerprint density at radius 2 is 2.30 bits per heavy atom. The highest BCUT2D eigenvalue weighted by atomic mass is 16.2. The van der Waals surface area contributed by atoms with Gasteiger partial charge in [0.25, 0.3) is 0 Å². The molecule has 1 aromatic heterocycles. The third kappa shape index (κ3) is 4.17. The summed E-state index contributed by atoms with van der Waals surface area (Å²) in [4.78, 5) is 11.7. The molecular formula is C14H19N5O. The Hall–Kier alpha value is -2.21. The first kappa shape index (κ1) is 14.2. The maximum Gasteiger partial charge on any atom is 0.241 e. The van der Waals surface area contributed by atoms with E-state index in [1.807, 2.05) is 6.07 Å². The van der Waals surface area contributed by atoms with Crippen molar-refractivity contribution in [1.82, 2.24) is 20.3 Å². The molecule has 106 valence electrons. The zero-order chi connectivity index (χ0) is 14.4. The quantitative estimate of drug-likeness (QED) is 0.798. The fourth-order valence-corrected chi connectivity index (χ4v) is 1.93. The number of nitrogens with two attached hydrogens (primary N) is 1. The second-order valence-electron chi connectivity index (χ2n) is 4.70. The molecular weight excluding hydrogens is 254 g/mol. The Kier molecular flexibility index (Phi) is 4.84. The summed E-state index contributed by atoms with van der Waals surface area (Å²) >= 11 is 0. The molecule has 0 spiro atoms. The normalized spacial score (nSPS) is 10.5. The van der Waals surface area contributed by atoms with E-state index in [4.69, 9.17) is 5.73 Å². The van der Waals surface area contributed by atoms with Crippen LogP contribution in [0.1, 0.15) is 16.8 Å². The number of rotatable bonds is 6. The van der Waals surface area contributed by atoms with Gasteiger partial charge in [0, 0.05) is 13.1 Å². The number of carbonyl (C=O) groups excluding carboxylic acids is 1. The van der Waals surface area contributed by atoms with Crippen molar-refractivity contribution in [2.45, 2.75) is 26.4 Å². The van der Waals surface area contributed by atoms with Crippen molar-refractivity contribution in [2.24, 2.45) is 5.73 Å². The number of aryl methyl sites for hydroxylation is 1. The fraction of sp³-hybridized carbons (Fsp3) is 0.357. The maximum atomic E-state index is 11.7. The molecule has 0 aliphatic heterocycles. The van der Waals surface area contributed by atoms with Gasteiger partial charge >= 0.3 is 0 Å². The number of benzene rings is 1. The molecule has 2 rings (SSSR count). The van der Waals surface area contributed by atoms with Crippen molar-refractivity contribution in [1.29, 1.82) is 0 Å². The van der Waals surface area contributed by atoms with E-state index in [1.54, 1.807) is 6.20 Å². The van der Waals surface area contributed by atoms with Crippen molar-refractivity contribution in [3.63, 3.8) is 0 Å². The van der Waals surface area contributed by atoms with E-state index >= 15 is 0 Å². The fourth-order valence-electron chi connectivity index (χ4n) is 1.93. The minimum Gasteiger partial charge on any atom is -0.354 e. The molecule has 0 aliphatic rings. The second-order valence-corrected chi connectivity index (χ2v) is 4.70. The molecule has 6 heteroatoms. The van der Waals surface area contributed by atoms with Crippen molar-refractivity contribution < 1.29 is 4.79 Å². The van der Waals surface area contributed by atoms with Crippen LogP contribution in [0.15, 0.2) is 30.5 Å². The number of nitrogens with one attached hydrogen (secondary N) is 1. The van der Waals surface area contributed by atoms with E-state index in [0.29, 0.717) is 18.8 Å². The summed E-state index contributed by atoms with van der Waals surface area (Å²) in [6.45, 7) is 3.17. The van der Waals surface area contributed by atoms with Crippen molar-refractivity contribution >= 4 is 5.91 Å². The van der Waals surface area contributed by atoms with Crippen molar-refractivity contribution in [3.8, 4) is 0 Å². The first-order valence-corrected chi connectivity index (χ1v) is 6.58. The van der Waals surface area contributed by atoms with Gasteiger partial charge in [-0.15, -0.1) is 5.10 Å². The number of amides is 1. The predicted octanol–water partition coefficient (Wildman–Crippen LogP) is 0.404. The minimum atomic E-state index is -0.0777. The molecule has 2 aromatic rings. The van der Waals surface area contributed by atoms with Gasteiger partial charge in [-0.2, -0.15) is 0 Å². The molecule has 0 bridgehead atoms. The zero-order valence-corrected chi connectivity index (χ0v) is 11.5. The summed E-state index contributed by atoms with van der Waals surface area (Å²) in [5.74, 6) is -0.0777. The summed E-state index contributed by atoms with van der Waals surface area (Å²) in [7, 11) is 0. The molecule has 1 amide bonds. The number of carbonyl (C=O) groups is 1. The van der Waals surface area contributed by atoms with Crippen LogP contribution in [-0.4, -0.2) is 27.4 Å². The summed E-state index contributed by atoms with van der Waals surface area (Å²) < 4.78 is 1.49. The Bertz CT molecular complexity index is 578. The maximum absolute atomic E-state index is 11.7. The molecule has 0 fully saturated rings. The molecule has 6 nitrogen and oxygen atoms in total. The highest BCUT2D eigenvalue weighted by molar-refractivity contribution is 5.75. The van der Waals surface area contributed by atoms with Crippen LogP contribution in [0.25, 0.3) is 0 Å². The highest BCUT2D eigenvalue weighted by Crippen LogP contribution is 2.03. The van der Waals surface area contributed by atoms with E-state index in [-0.39, 0.29) is 12.5 Å². The van der Waals surface area contributed by atoms with Crippen LogP contribution in [0.3, 0.4) is 0 Å². The van der Waals surface area contributed by atoms with Crippen LogP contribution < -0.4 is 11.1 Å². The minimum absolute atomic E-state index is 0.0777. The van der Waals surface area contributed by atoms with Crippen LogP contribution in [0.4, 0.5) is 0 Å². The lowest BCUT2D eigenvalue weighted by Gasteiger charge is -2.05. The van der Waals surface area contributed by atoms with E-state index < -0.39 is 0 Å². The van der Waals surface area contributed by atoms with Gasteiger partial charge < -0.3 is 11.1 Å². The Morgan fingerprint density at radius 3 is 3.00 bits per heavy atom. The number of hydrogen-bond acceptors (Lipinski definition) is 4. The second kappa shape index (κ2) is 6.81. The lowest BCUT2D eigenvalue weighted by Crippen LogP contribution is -2.29. The number of hydrogen-bond donors (Lipinski definition) is 2. The first-order valence-electron chi connectivity index (χ1n) is 6.58. The Morgan fingerprint density at radius 1 is 1.45 bits per heavy atom. The van der Waals surface area contributed by atoms with Crippen molar-refractivity contribution in [2.75, 3.05) is 6.54 Å². The van der Waals surface area contributed by atoms with Crippen LogP contribution in [0, 0.1) is 6.92 Å². The smallest absolute Gasteiger partial charge is 0.241 e. The molecule has 0 radical (unpaired) electrons. The molecule has 0 atom stereocenters. The monoisotopic (exact) mass is 273 g/mol. The average Bonchev–Trinajstić information content (AvgIpc) is 2.86. The molecule has 0 saturated heterocycles. The summed E-state index contributed by atoms with van der Waals surface area (Å²) in [5, 5.41) is 10.5. The van der Waals surface area contributed by atoms with Gasteiger partial charge in [-0.05, 0) is 18.9 Å². The molecule has 0 saturated carbocycles. The number of aromatic nitrogens is 3. The Balaban J connectivity index is 1.75. The molecule has 1 heterocycles. The molecule has 20 heavy (non-hydrogen) atoms. The molecule has 3 N–H and O–H groups in total. The van der Waals surface area contributed by atoms with Gasteiger partial charge in [0.2, 0.25) is 5.91 Å². The zero-order valence-electron chi connectivity index (χ0n) is 11.5. The first-order chi connectivity index (χ1) is 9.67. The SMILES string of the molecule is Cc1cccc(CCNC(=O)Cn2cc(CN)nn2)c1. The lowest BCUT2D eigenvalue weighted by molar-refractivity contribution is -0.121. The summed E-state index contributed by atoms with van der Waals surface area (Å²) in [5.41, 5.74) is 8.56. The Labute approximate surface area is 118 Å². The number of nitrogens with zero attached hydrogens (tertiary/aromatic N) is 3. The standard InChI is InChI=1S/C14H19N5O/c1-11-3-2-4-12(7-11)5-6-16-14(20)10-19-9-13(8-15)17-18-19/h2-4,7,9H,5-6,8,10,15H2,1H3,(H,16,20). The molecule has 1 aromatic carbocycles. The van der Waals surface area contributed by atoms with Crippen LogP contribution in [0.5, 0.6) is 0 Å². The molecule has 0 aliphatic carbocycles. The van der Waals surface area contributed by atoms with Crippen LogP contribution >= 0.6 is 0 Å². The third-order valence-corrected chi connectivity index (χ3v) is 2.92. The van der Waals surface area contributed by atoms with Gasteiger partial charge in [-0.1, -0.05) is 35.0 Å². The molecule has 0 unspecified atom stereocenters.